The number of Topliss-reactive ketones (excluding diaryl/α,β-unsaturated/α-hetero) is 1. The number of hydrogen-bond acceptors (Lipinski definition) is 2. The van der Waals surface area contributed by atoms with E-state index in [4.69, 9.17) is 4.74 Å². The van der Waals surface area contributed by atoms with Gasteiger partial charge in [0.2, 0.25) is 0 Å². The smallest absolute Gasteiger partial charge is 0.163 e. The SMILES string of the molecule is COc1ccc(C(=O)CC(C)CCCC(C)C)cc1. The minimum atomic E-state index is 0.236. The van der Waals surface area contributed by atoms with Gasteiger partial charge in [0.25, 0.3) is 0 Å². The van der Waals surface area contributed by atoms with Crippen molar-refractivity contribution in [3.63, 3.8) is 0 Å². The summed E-state index contributed by atoms with van der Waals surface area (Å²) >= 11 is 0. The molecule has 1 rings (SSSR count). The highest BCUT2D eigenvalue weighted by Gasteiger charge is 2.11. The van der Waals surface area contributed by atoms with Crippen LogP contribution in [0.4, 0.5) is 0 Å². The zero-order valence-electron chi connectivity index (χ0n) is 12.6. The molecule has 106 valence electrons. The van der Waals surface area contributed by atoms with Gasteiger partial charge >= 0.3 is 0 Å². The Hall–Kier alpha value is -1.31. The molecular formula is C17H26O2. The molecule has 0 aliphatic rings. The van der Waals surface area contributed by atoms with Crippen molar-refractivity contribution in [3.8, 4) is 5.75 Å². The second-order valence-corrected chi connectivity index (χ2v) is 5.79. The summed E-state index contributed by atoms with van der Waals surface area (Å²) in [5.41, 5.74) is 0.788. The van der Waals surface area contributed by atoms with Crippen LogP contribution in [0, 0.1) is 11.8 Å². The zero-order valence-corrected chi connectivity index (χ0v) is 12.6. The van der Waals surface area contributed by atoms with Crippen LogP contribution in [0.25, 0.3) is 0 Å². The molecule has 2 nitrogen and oxygen atoms in total. The van der Waals surface area contributed by atoms with Crippen LogP contribution in [0.2, 0.25) is 0 Å². The number of ether oxygens (including phenoxy) is 1. The molecule has 0 aliphatic carbocycles. The summed E-state index contributed by atoms with van der Waals surface area (Å²) in [5.74, 6) is 2.25. The Morgan fingerprint density at radius 3 is 2.26 bits per heavy atom. The molecule has 0 spiro atoms. The number of carbonyl (C=O) groups excluding carboxylic acids is 1. The van der Waals surface area contributed by atoms with E-state index < -0.39 is 0 Å². The molecule has 2 heteroatoms. The monoisotopic (exact) mass is 262 g/mol. The number of hydrogen-bond donors (Lipinski definition) is 0. The summed E-state index contributed by atoms with van der Waals surface area (Å²) in [7, 11) is 1.63. The summed E-state index contributed by atoms with van der Waals surface area (Å²) in [6.45, 7) is 6.65. The maximum atomic E-state index is 12.1. The van der Waals surface area contributed by atoms with Gasteiger partial charge in [0.15, 0.2) is 5.78 Å². The van der Waals surface area contributed by atoms with Gasteiger partial charge in [-0.3, -0.25) is 4.79 Å². The molecular weight excluding hydrogens is 236 g/mol. The lowest BCUT2D eigenvalue weighted by molar-refractivity contribution is 0.0962. The highest BCUT2D eigenvalue weighted by atomic mass is 16.5. The molecule has 1 aromatic carbocycles. The average molecular weight is 262 g/mol. The third kappa shape index (κ3) is 5.91. The predicted octanol–water partition coefficient (Wildman–Crippen LogP) is 4.73. The van der Waals surface area contributed by atoms with Crippen molar-refractivity contribution in [2.24, 2.45) is 11.8 Å². The van der Waals surface area contributed by atoms with Gasteiger partial charge in [0.05, 0.1) is 7.11 Å². The largest absolute Gasteiger partial charge is 0.497 e. The minimum absolute atomic E-state index is 0.236. The zero-order chi connectivity index (χ0) is 14.3. The molecule has 1 atom stereocenters. The lowest BCUT2D eigenvalue weighted by Crippen LogP contribution is -2.06. The predicted molar refractivity (Wildman–Crippen MR) is 79.8 cm³/mol. The lowest BCUT2D eigenvalue weighted by atomic mass is 9.93. The van der Waals surface area contributed by atoms with E-state index in [-0.39, 0.29) is 5.78 Å². The van der Waals surface area contributed by atoms with Crippen molar-refractivity contribution < 1.29 is 9.53 Å². The van der Waals surface area contributed by atoms with E-state index in [1.165, 1.54) is 12.8 Å². The highest BCUT2D eigenvalue weighted by molar-refractivity contribution is 5.96. The van der Waals surface area contributed by atoms with Crippen LogP contribution in [0.15, 0.2) is 24.3 Å². The van der Waals surface area contributed by atoms with Crippen molar-refractivity contribution in [1.29, 1.82) is 0 Å². The van der Waals surface area contributed by atoms with Crippen molar-refractivity contribution >= 4 is 5.78 Å². The summed E-state index contributed by atoms with van der Waals surface area (Å²) < 4.78 is 5.09. The molecule has 0 aliphatic heterocycles. The van der Waals surface area contributed by atoms with Crippen LogP contribution < -0.4 is 4.74 Å². The molecule has 0 radical (unpaired) electrons. The molecule has 1 unspecified atom stereocenters. The standard InChI is InChI=1S/C17H26O2/c1-13(2)6-5-7-14(3)12-17(18)15-8-10-16(19-4)11-9-15/h8-11,13-14H,5-7,12H2,1-4H3. The molecule has 1 aromatic rings. The number of rotatable bonds is 8. The Morgan fingerprint density at radius 2 is 1.74 bits per heavy atom. The van der Waals surface area contributed by atoms with Gasteiger partial charge in [-0.2, -0.15) is 0 Å². The minimum Gasteiger partial charge on any atom is -0.497 e. The Labute approximate surface area is 117 Å². The normalized spacial score (nSPS) is 12.5. The van der Waals surface area contributed by atoms with E-state index in [9.17, 15) is 4.79 Å². The molecule has 0 saturated carbocycles. The van der Waals surface area contributed by atoms with E-state index >= 15 is 0 Å². The fraction of sp³-hybridized carbons (Fsp3) is 0.588. The molecule has 0 amide bonds. The van der Waals surface area contributed by atoms with Crippen LogP contribution >= 0.6 is 0 Å². The Bertz CT molecular complexity index is 379. The van der Waals surface area contributed by atoms with Crippen molar-refractivity contribution in [1.82, 2.24) is 0 Å². The highest BCUT2D eigenvalue weighted by Crippen LogP contribution is 2.19. The fourth-order valence-corrected chi connectivity index (χ4v) is 2.19. The average Bonchev–Trinajstić information content (AvgIpc) is 2.38. The Kier molecular flexibility index (Phi) is 6.61. The first kappa shape index (κ1) is 15.7. The van der Waals surface area contributed by atoms with Gasteiger partial charge in [-0.15, -0.1) is 0 Å². The third-order valence-electron chi connectivity index (χ3n) is 3.42. The van der Waals surface area contributed by atoms with E-state index in [0.717, 1.165) is 23.7 Å². The van der Waals surface area contributed by atoms with Crippen LogP contribution in [0.3, 0.4) is 0 Å². The maximum Gasteiger partial charge on any atom is 0.163 e. The van der Waals surface area contributed by atoms with Gasteiger partial charge in [0, 0.05) is 12.0 Å². The summed E-state index contributed by atoms with van der Waals surface area (Å²) in [6.07, 6.45) is 4.25. The molecule has 0 heterocycles. The Balaban J connectivity index is 2.40. The van der Waals surface area contributed by atoms with E-state index in [2.05, 4.69) is 20.8 Å². The van der Waals surface area contributed by atoms with Gasteiger partial charge in [-0.1, -0.05) is 40.0 Å². The van der Waals surface area contributed by atoms with Crippen LogP contribution in [0.5, 0.6) is 5.75 Å². The molecule has 0 fully saturated rings. The number of carbonyl (C=O) groups is 1. The van der Waals surface area contributed by atoms with Gasteiger partial charge < -0.3 is 4.74 Å². The molecule has 0 bridgehead atoms. The quantitative estimate of drug-likeness (QED) is 0.633. The topological polar surface area (TPSA) is 26.3 Å². The third-order valence-corrected chi connectivity index (χ3v) is 3.42. The second-order valence-electron chi connectivity index (χ2n) is 5.79. The van der Waals surface area contributed by atoms with Crippen LogP contribution in [-0.2, 0) is 0 Å². The number of ketones is 1. The summed E-state index contributed by atoms with van der Waals surface area (Å²) in [4.78, 5) is 12.1. The first-order valence-electron chi connectivity index (χ1n) is 7.20. The van der Waals surface area contributed by atoms with Gasteiger partial charge in [0.1, 0.15) is 5.75 Å². The lowest BCUT2D eigenvalue weighted by Gasteiger charge is -2.11. The van der Waals surface area contributed by atoms with Gasteiger partial charge in [-0.25, -0.2) is 0 Å². The summed E-state index contributed by atoms with van der Waals surface area (Å²) in [5, 5.41) is 0. The molecule has 0 saturated heterocycles. The van der Waals surface area contributed by atoms with Crippen molar-refractivity contribution in [3.05, 3.63) is 29.8 Å². The van der Waals surface area contributed by atoms with Crippen LogP contribution in [-0.4, -0.2) is 12.9 Å². The fourth-order valence-electron chi connectivity index (χ4n) is 2.19. The number of methoxy groups -OCH3 is 1. The second kappa shape index (κ2) is 7.98. The molecule has 0 N–H and O–H groups in total. The first-order chi connectivity index (χ1) is 9.02. The first-order valence-corrected chi connectivity index (χ1v) is 7.20. The summed E-state index contributed by atoms with van der Waals surface area (Å²) in [6, 6.07) is 7.39. The molecule has 0 aromatic heterocycles. The number of benzene rings is 1. The van der Waals surface area contributed by atoms with Crippen molar-refractivity contribution in [2.45, 2.75) is 46.5 Å². The maximum absolute atomic E-state index is 12.1. The Morgan fingerprint density at radius 1 is 1.11 bits per heavy atom. The molecule has 19 heavy (non-hydrogen) atoms. The van der Waals surface area contributed by atoms with Gasteiger partial charge in [-0.05, 0) is 36.1 Å². The van der Waals surface area contributed by atoms with E-state index in [1.54, 1.807) is 7.11 Å². The van der Waals surface area contributed by atoms with Crippen molar-refractivity contribution in [2.75, 3.05) is 7.11 Å². The van der Waals surface area contributed by atoms with E-state index in [0.29, 0.717) is 12.3 Å². The van der Waals surface area contributed by atoms with E-state index in [1.807, 2.05) is 24.3 Å². The van der Waals surface area contributed by atoms with Crippen LogP contribution in [0.1, 0.15) is 56.8 Å².